The SMILES string of the molecule is CC(OC(=O)CC#N)C1CCCC1. The molecule has 0 N–H and O–H groups in total. The molecule has 0 bridgehead atoms. The van der Waals surface area contributed by atoms with Crippen LogP contribution in [0, 0.1) is 17.2 Å². The minimum Gasteiger partial charge on any atom is -0.462 e. The van der Waals surface area contributed by atoms with Gasteiger partial charge in [0, 0.05) is 0 Å². The van der Waals surface area contributed by atoms with Crippen LogP contribution in [0.15, 0.2) is 0 Å². The molecule has 0 radical (unpaired) electrons. The third-order valence-electron chi connectivity index (χ3n) is 2.60. The van der Waals surface area contributed by atoms with E-state index in [4.69, 9.17) is 10.00 Å². The van der Waals surface area contributed by atoms with E-state index in [1.165, 1.54) is 12.8 Å². The summed E-state index contributed by atoms with van der Waals surface area (Å²) in [4.78, 5) is 11.0. The van der Waals surface area contributed by atoms with Gasteiger partial charge in [0.15, 0.2) is 0 Å². The summed E-state index contributed by atoms with van der Waals surface area (Å²) in [5, 5.41) is 8.26. The summed E-state index contributed by atoms with van der Waals surface area (Å²) in [5.74, 6) is 0.129. The van der Waals surface area contributed by atoms with Crippen molar-refractivity contribution in [3.8, 4) is 6.07 Å². The van der Waals surface area contributed by atoms with Crippen molar-refractivity contribution in [3.63, 3.8) is 0 Å². The molecule has 1 atom stereocenters. The number of ether oxygens (including phenoxy) is 1. The molecule has 0 aliphatic heterocycles. The van der Waals surface area contributed by atoms with Crippen LogP contribution in [0.25, 0.3) is 0 Å². The molecule has 72 valence electrons. The van der Waals surface area contributed by atoms with Gasteiger partial charge in [0.1, 0.15) is 12.5 Å². The van der Waals surface area contributed by atoms with Crippen molar-refractivity contribution >= 4 is 5.97 Å². The highest BCUT2D eigenvalue weighted by Crippen LogP contribution is 2.29. The Kier molecular flexibility index (Phi) is 3.75. The molecule has 1 fully saturated rings. The molecule has 0 aromatic heterocycles. The van der Waals surface area contributed by atoms with Crippen molar-refractivity contribution in [1.82, 2.24) is 0 Å². The van der Waals surface area contributed by atoms with Crippen LogP contribution in [0.3, 0.4) is 0 Å². The lowest BCUT2D eigenvalue weighted by molar-refractivity contribution is -0.149. The predicted molar refractivity (Wildman–Crippen MR) is 47.7 cm³/mol. The Morgan fingerprint density at radius 1 is 1.62 bits per heavy atom. The quantitative estimate of drug-likeness (QED) is 0.626. The van der Waals surface area contributed by atoms with Crippen LogP contribution in [0.5, 0.6) is 0 Å². The van der Waals surface area contributed by atoms with E-state index in [1.54, 1.807) is 6.07 Å². The number of nitriles is 1. The second kappa shape index (κ2) is 4.86. The lowest BCUT2D eigenvalue weighted by Crippen LogP contribution is -2.21. The van der Waals surface area contributed by atoms with Gasteiger partial charge >= 0.3 is 5.97 Å². The van der Waals surface area contributed by atoms with Gasteiger partial charge in [-0.2, -0.15) is 5.26 Å². The van der Waals surface area contributed by atoms with Gasteiger partial charge in [0.25, 0.3) is 0 Å². The molecular weight excluding hydrogens is 166 g/mol. The fourth-order valence-electron chi connectivity index (χ4n) is 1.84. The van der Waals surface area contributed by atoms with E-state index in [2.05, 4.69) is 0 Å². The highest BCUT2D eigenvalue weighted by Gasteiger charge is 2.24. The lowest BCUT2D eigenvalue weighted by atomic mass is 10.0. The third kappa shape index (κ3) is 3.06. The number of hydrogen-bond acceptors (Lipinski definition) is 3. The minimum absolute atomic E-state index is 0.0108. The maximum absolute atomic E-state index is 11.0. The zero-order valence-corrected chi connectivity index (χ0v) is 7.95. The largest absolute Gasteiger partial charge is 0.462 e. The van der Waals surface area contributed by atoms with Crippen molar-refractivity contribution in [1.29, 1.82) is 5.26 Å². The molecule has 3 heteroatoms. The van der Waals surface area contributed by atoms with Crippen LogP contribution in [0.1, 0.15) is 39.0 Å². The second-order valence-corrected chi connectivity index (χ2v) is 3.57. The summed E-state index contributed by atoms with van der Waals surface area (Å²) < 4.78 is 5.11. The van der Waals surface area contributed by atoms with E-state index >= 15 is 0 Å². The fraction of sp³-hybridized carbons (Fsp3) is 0.800. The van der Waals surface area contributed by atoms with Crippen molar-refractivity contribution < 1.29 is 9.53 Å². The van der Waals surface area contributed by atoms with E-state index < -0.39 is 0 Å². The van der Waals surface area contributed by atoms with E-state index in [0.29, 0.717) is 5.92 Å². The number of rotatable bonds is 3. The van der Waals surface area contributed by atoms with Crippen molar-refractivity contribution in [3.05, 3.63) is 0 Å². The summed E-state index contributed by atoms with van der Waals surface area (Å²) in [5.41, 5.74) is 0. The van der Waals surface area contributed by atoms with Crippen LogP contribution >= 0.6 is 0 Å². The third-order valence-corrected chi connectivity index (χ3v) is 2.60. The average molecular weight is 181 g/mol. The molecule has 0 saturated heterocycles. The van der Waals surface area contributed by atoms with Crippen LogP contribution in [0.4, 0.5) is 0 Å². The monoisotopic (exact) mass is 181 g/mol. The van der Waals surface area contributed by atoms with Gasteiger partial charge in [0.05, 0.1) is 6.07 Å². The van der Waals surface area contributed by atoms with Crippen LogP contribution in [0.2, 0.25) is 0 Å². The van der Waals surface area contributed by atoms with Gasteiger partial charge < -0.3 is 4.74 Å². The van der Waals surface area contributed by atoms with E-state index in [9.17, 15) is 4.79 Å². The van der Waals surface area contributed by atoms with E-state index in [1.807, 2.05) is 6.92 Å². The lowest BCUT2D eigenvalue weighted by Gasteiger charge is -2.18. The standard InChI is InChI=1S/C10H15NO2/c1-8(9-4-2-3-5-9)13-10(12)6-7-11/h8-9H,2-6H2,1H3. The summed E-state index contributed by atoms with van der Waals surface area (Å²) in [6.45, 7) is 1.92. The number of hydrogen-bond donors (Lipinski definition) is 0. The Morgan fingerprint density at radius 3 is 2.77 bits per heavy atom. The Bertz CT molecular complexity index is 213. The van der Waals surface area contributed by atoms with Crippen molar-refractivity contribution in [2.75, 3.05) is 0 Å². The highest BCUT2D eigenvalue weighted by atomic mass is 16.5. The molecule has 1 unspecified atom stereocenters. The summed E-state index contributed by atoms with van der Waals surface area (Å²) >= 11 is 0. The molecule has 13 heavy (non-hydrogen) atoms. The number of carbonyl (C=O) groups excluding carboxylic acids is 1. The first kappa shape index (κ1) is 10.0. The molecule has 0 aromatic carbocycles. The zero-order chi connectivity index (χ0) is 9.68. The first-order chi connectivity index (χ1) is 6.24. The molecule has 1 rings (SSSR count). The maximum Gasteiger partial charge on any atom is 0.320 e. The van der Waals surface area contributed by atoms with Crippen LogP contribution in [-0.2, 0) is 9.53 Å². The fourth-order valence-corrected chi connectivity index (χ4v) is 1.84. The Balaban J connectivity index is 2.27. The molecule has 0 amide bonds. The first-order valence-corrected chi connectivity index (χ1v) is 4.80. The Labute approximate surface area is 78.7 Å². The number of nitrogens with zero attached hydrogens (tertiary/aromatic N) is 1. The molecule has 0 heterocycles. The predicted octanol–water partition coefficient (Wildman–Crippen LogP) is 2.02. The summed E-state index contributed by atoms with van der Waals surface area (Å²) in [7, 11) is 0. The van der Waals surface area contributed by atoms with E-state index in [0.717, 1.165) is 12.8 Å². The molecule has 3 nitrogen and oxygen atoms in total. The topological polar surface area (TPSA) is 50.1 Å². The van der Waals surface area contributed by atoms with E-state index in [-0.39, 0.29) is 18.5 Å². The average Bonchev–Trinajstić information content (AvgIpc) is 2.55. The molecule has 0 aromatic rings. The summed E-state index contributed by atoms with van der Waals surface area (Å²) in [6, 6.07) is 1.79. The van der Waals surface area contributed by atoms with Gasteiger partial charge in [-0.3, -0.25) is 4.79 Å². The molecule has 0 spiro atoms. The molecule has 1 aliphatic carbocycles. The summed E-state index contributed by atoms with van der Waals surface area (Å²) in [6.07, 6.45) is 4.65. The normalized spacial score (nSPS) is 19.4. The van der Waals surface area contributed by atoms with Crippen LogP contribution < -0.4 is 0 Å². The van der Waals surface area contributed by atoms with Gasteiger partial charge in [-0.15, -0.1) is 0 Å². The zero-order valence-electron chi connectivity index (χ0n) is 7.95. The van der Waals surface area contributed by atoms with Crippen molar-refractivity contribution in [2.45, 2.75) is 45.1 Å². The molecular formula is C10H15NO2. The van der Waals surface area contributed by atoms with Gasteiger partial charge in [-0.1, -0.05) is 12.8 Å². The van der Waals surface area contributed by atoms with Gasteiger partial charge in [0.2, 0.25) is 0 Å². The van der Waals surface area contributed by atoms with Gasteiger partial charge in [-0.05, 0) is 25.7 Å². The Hall–Kier alpha value is -1.04. The van der Waals surface area contributed by atoms with Crippen molar-refractivity contribution in [2.24, 2.45) is 5.92 Å². The number of esters is 1. The maximum atomic E-state index is 11.0. The Morgan fingerprint density at radius 2 is 2.23 bits per heavy atom. The minimum atomic E-state index is -0.387. The van der Waals surface area contributed by atoms with Crippen LogP contribution in [-0.4, -0.2) is 12.1 Å². The highest BCUT2D eigenvalue weighted by molar-refractivity contribution is 5.71. The second-order valence-electron chi connectivity index (χ2n) is 3.57. The van der Waals surface area contributed by atoms with Gasteiger partial charge in [-0.25, -0.2) is 0 Å². The smallest absolute Gasteiger partial charge is 0.320 e. The molecule has 1 saturated carbocycles. The molecule has 1 aliphatic rings. The number of carbonyl (C=O) groups is 1. The first-order valence-electron chi connectivity index (χ1n) is 4.80.